The number of halogens is 2. The first kappa shape index (κ1) is 15.0. The highest BCUT2D eigenvalue weighted by atomic mass is 79.9. The van der Waals surface area contributed by atoms with E-state index in [4.69, 9.17) is 16.6 Å². The fourth-order valence-electron chi connectivity index (χ4n) is 3.18. The summed E-state index contributed by atoms with van der Waals surface area (Å²) in [4.78, 5) is 9.37. The zero-order chi connectivity index (χ0) is 15.0. The molecule has 1 aromatic carbocycles. The number of aryl methyl sites for hydroxylation is 2. The molecule has 1 heterocycles. The first-order chi connectivity index (χ1) is 10.1. The summed E-state index contributed by atoms with van der Waals surface area (Å²) in [6.07, 6.45) is 4.94. The summed E-state index contributed by atoms with van der Waals surface area (Å²) in [7, 11) is 0. The Labute approximate surface area is 139 Å². The predicted octanol–water partition coefficient (Wildman–Crippen LogP) is 5.83. The Morgan fingerprint density at radius 3 is 2.33 bits per heavy atom. The van der Waals surface area contributed by atoms with E-state index in [1.54, 1.807) is 0 Å². The third kappa shape index (κ3) is 2.86. The van der Waals surface area contributed by atoms with Crippen molar-refractivity contribution in [2.24, 2.45) is 0 Å². The third-order valence-electron chi connectivity index (χ3n) is 4.28. The molecule has 1 fully saturated rings. The number of hydrogen-bond donors (Lipinski definition) is 0. The van der Waals surface area contributed by atoms with E-state index in [2.05, 4.69) is 53.0 Å². The van der Waals surface area contributed by atoms with Crippen molar-refractivity contribution in [2.45, 2.75) is 45.4 Å². The van der Waals surface area contributed by atoms with E-state index in [0.717, 1.165) is 21.6 Å². The summed E-state index contributed by atoms with van der Waals surface area (Å²) < 4.78 is 0.867. The van der Waals surface area contributed by atoms with Crippen molar-refractivity contribution in [1.29, 1.82) is 0 Å². The minimum absolute atomic E-state index is 0.503. The van der Waals surface area contributed by atoms with Crippen LogP contribution in [0, 0.1) is 13.8 Å². The van der Waals surface area contributed by atoms with Crippen LogP contribution in [0.4, 0.5) is 0 Å². The van der Waals surface area contributed by atoms with Gasteiger partial charge in [-0.3, -0.25) is 0 Å². The quantitative estimate of drug-likeness (QED) is 0.625. The summed E-state index contributed by atoms with van der Waals surface area (Å²) in [5.74, 6) is 1.25. The highest BCUT2D eigenvalue weighted by Crippen LogP contribution is 2.40. The maximum atomic E-state index is 6.35. The molecule has 1 aliphatic rings. The molecule has 0 spiro atoms. The Balaban J connectivity index is 2.16. The van der Waals surface area contributed by atoms with Gasteiger partial charge in [0.15, 0.2) is 5.82 Å². The minimum Gasteiger partial charge on any atom is -0.231 e. The first-order valence-electron chi connectivity index (χ1n) is 7.37. The molecule has 0 amide bonds. The Hall–Kier alpha value is -0.930. The van der Waals surface area contributed by atoms with Crippen molar-refractivity contribution in [2.75, 3.05) is 0 Å². The van der Waals surface area contributed by atoms with Gasteiger partial charge in [0.25, 0.3) is 0 Å². The van der Waals surface area contributed by atoms with E-state index in [1.807, 2.05) is 0 Å². The summed E-state index contributed by atoms with van der Waals surface area (Å²) in [6, 6.07) is 6.25. The van der Waals surface area contributed by atoms with Gasteiger partial charge in [0.05, 0.1) is 10.2 Å². The standard InChI is InChI=1S/C17H18BrClN2/c1-10-6-5-7-11(2)13(10)17-20-15(12-8-3-4-9-12)14(18)16(19)21-17/h5-7,12H,3-4,8-9H2,1-2H3. The molecular formula is C17H18BrClN2. The zero-order valence-corrected chi connectivity index (χ0v) is 14.6. The van der Waals surface area contributed by atoms with Crippen LogP contribution in [0.25, 0.3) is 11.4 Å². The van der Waals surface area contributed by atoms with Gasteiger partial charge in [-0.2, -0.15) is 0 Å². The predicted molar refractivity (Wildman–Crippen MR) is 90.9 cm³/mol. The van der Waals surface area contributed by atoms with Crippen LogP contribution < -0.4 is 0 Å². The van der Waals surface area contributed by atoms with Crippen molar-refractivity contribution >= 4 is 27.5 Å². The topological polar surface area (TPSA) is 25.8 Å². The first-order valence-corrected chi connectivity index (χ1v) is 8.54. The Bertz CT molecular complexity index is 658. The molecule has 4 heteroatoms. The number of nitrogens with zero attached hydrogens (tertiary/aromatic N) is 2. The van der Waals surface area contributed by atoms with Crippen LogP contribution >= 0.6 is 27.5 Å². The average Bonchev–Trinajstić information content (AvgIpc) is 2.96. The highest BCUT2D eigenvalue weighted by molar-refractivity contribution is 9.10. The number of benzene rings is 1. The second-order valence-electron chi connectivity index (χ2n) is 5.79. The van der Waals surface area contributed by atoms with Crippen LogP contribution in [0.2, 0.25) is 5.15 Å². The van der Waals surface area contributed by atoms with Crippen LogP contribution in [0.15, 0.2) is 22.7 Å². The Morgan fingerprint density at radius 2 is 1.71 bits per heavy atom. The second kappa shape index (κ2) is 6.05. The summed E-state index contributed by atoms with van der Waals surface area (Å²) >= 11 is 9.93. The Morgan fingerprint density at radius 1 is 1.10 bits per heavy atom. The van der Waals surface area contributed by atoms with Crippen molar-refractivity contribution in [3.05, 3.63) is 44.6 Å². The number of hydrogen-bond acceptors (Lipinski definition) is 2. The normalized spacial score (nSPS) is 15.6. The molecule has 0 saturated heterocycles. The van der Waals surface area contributed by atoms with Crippen molar-refractivity contribution in [1.82, 2.24) is 9.97 Å². The monoisotopic (exact) mass is 364 g/mol. The molecular weight excluding hydrogens is 348 g/mol. The molecule has 21 heavy (non-hydrogen) atoms. The maximum absolute atomic E-state index is 6.35. The van der Waals surface area contributed by atoms with E-state index in [1.165, 1.54) is 36.8 Å². The molecule has 2 nitrogen and oxygen atoms in total. The minimum atomic E-state index is 0.503. The van der Waals surface area contributed by atoms with Gasteiger partial charge < -0.3 is 0 Å². The van der Waals surface area contributed by atoms with Crippen molar-refractivity contribution < 1.29 is 0 Å². The van der Waals surface area contributed by atoms with E-state index < -0.39 is 0 Å². The van der Waals surface area contributed by atoms with Gasteiger partial charge in [0, 0.05) is 11.5 Å². The summed E-state index contributed by atoms with van der Waals surface area (Å²) in [5, 5.41) is 0.518. The second-order valence-corrected chi connectivity index (χ2v) is 6.94. The molecule has 1 aromatic heterocycles. The van der Waals surface area contributed by atoms with Crippen LogP contribution in [0.5, 0.6) is 0 Å². The smallest absolute Gasteiger partial charge is 0.161 e. The highest BCUT2D eigenvalue weighted by Gasteiger charge is 2.24. The molecule has 110 valence electrons. The fraction of sp³-hybridized carbons (Fsp3) is 0.412. The SMILES string of the molecule is Cc1cccc(C)c1-c1nc(Cl)c(Br)c(C2CCCC2)n1. The van der Waals surface area contributed by atoms with Crippen LogP contribution in [-0.2, 0) is 0 Å². The van der Waals surface area contributed by atoms with Gasteiger partial charge in [-0.1, -0.05) is 42.6 Å². The zero-order valence-electron chi connectivity index (χ0n) is 12.3. The van der Waals surface area contributed by atoms with Crippen LogP contribution in [0.1, 0.15) is 48.4 Å². The lowest BCUT2D eigenvalue weighted by atomic mass is 10.0. The maximum Gasteiger partial charge on any atom is 0.161 e. The summed E-state index contributed by atoms with van der Waals surface area (Å²) in [6.45, 7) is 4.19. The molecule has 0 aliphatic heterocycles. The van der Waals surface area contributed by atoms with E-state index >= 15 is 0 Å². The van der Waals surface area contributed by atoms with Gasteiger partial charge >= 0.3 is 0 Å². The lowest BCUT2D eigenvalue weighted by Gasteiger charge is -2.15. The number of rotatable bonds is 2. The molecule has 0 radical (unpaired) electrons. The third-order valence-corrected chi connectivity index (χ3v) is 5.57. The molecule has 0 bridgehead atoms. The lowest BCUT2D eigenvalue weighted by Crippen LogP contribution is -2.04. The van der Waals surface area contributed by atoms with Gasteiger partial charge in [-0.15, -0.1) is 0 Å². The van der Waals surface area contributed by atoms with Gasteiger partial charge in [0.1, 0.15) is 5.15 Å². The molecule has 0 unspecified atom stereocenters. The molecule has 0 atom stereocenters. The van der Waals surface area contributed by atoms with Crippen molar-refractivity contribution in [3.63, 3.8) is 0 Å². The number of aromatic nitrogens is 2. The Kier molecular flexibility index (Phi) is 4.32. The van der Waals surface area contributed by atoms with Gasteiger partial charge in [-0.05, 0) is 53.7 Å². The average molecular weight is 366 g/mol. The molecule has 1 saturated carbocycles. The largest absolute Gasteiger partial charge is 0.231 e. The van der Waals surface area contributed by atoms with Crippen molar-refractivity contribution in [3.8, 4) is 11.4 Å². The van der Waals surface area contributed by atoms with E-state index in [-0.39, 0.29) is 0 Å². The molecule has 2 aromatic rings. The molecule has 1 aliphatic carbocycles. The van der Waals surface area contributed by atoms with Gasteiger partial charge in [0.2, 0.25) is 0 Å². The molecule has 0 N–H and O–H groups in total. The lowest BCUT2D eigenvalue weighted by molar-refractivity contribution is 0.690. The molecule has 3 rings (SSSR count). The van der Waals surface area contributed by atoms with E-state index in [9.17, 15) is 0 Å². The van der Waals surface area contributed by atoms with Crippen LogP contribution in [-0.4, -0.2) is 9.97 Å². The van der Waals surface area contributed by atoms with Gasteiger partial charge in [-0.25, -0.2) is 9.97 Å². The van der Waals surface area contributed by atoms with E-state index in [0.29, 0.717) is 11.1 Å². The summed E-state index contributed by atoms with van der Waals surface area (Å²) in [5.41, 5.74) is 4.55. The fourth-order valence-corrected chi connectivity index (χ4v) is 3.86. The van der Waals surface area contributed by atoms with Crippen LogP contribution in [0.3, 0.4) is 0 Å².